The Morgan fingerprint density at radius 3 is 2.06 bits per heavy atom. The van der Waals surface area contributed by atoms with Gasteiger partial charge in [-0.05, 0) is 22.8 Å². The van der Waals surface area contributed by atoms with E-state index in [-0.39, 0.29) is 0 Å². The molecule has 3 aliphatic rings. The van der Waals surface area contributed by atoms with E-state index in [1.165, 1.54) is 0 Å². The first-order chi connectivity index (χ1) is 22.9. The van der Waals surface area contributed by atoms with Crippen molar-refractivity contribution in [2.24, 2.45) is 0 Å². The van der Waals surface area contributed by atoms with Gasteiger partial charge in [-0.1, -0.05) is 103 Å². The fourth-order valence-corrected chi connectivity index (χ4v) is 7.33. The Hall–Kier alpha value is -3.70. The predicted molar refractivity (Wildman–Crippen MR) is 177 cm³/mol. The molecule has 0 aliphatic carbocycles. The molecular weight excluding hydrogens is 616 g/mol. The highest BCUT2D eigenvalue weighted by atomic mass is 32.2. The van der Waals surface area contributed by atoms with Crippen LogP contribution in [0.4, 0.5) is 0 Å². The molecule has 6 atom stereocenters. The number of carbonyl (C=O) groups is 1. The molecule has 244 valence electrons. The van der Waals surface area contributed by atoms with Crippen molar-refractivity contribution in [1.82, 2.24) is 0 Å². The van der Waals surface area contributed by atoms with Crippen LogP contribution in [-0.4, -0.2) is 48.2 Å². The van der Waals surface area contributed by atoms with E-state index in [4.69, 9.17) is 33.2 Å². The van der Waals surface area contributed by atoms with Crippen LogP contribution in [0, 0.1) is 0 Å². The van der Waals surface area contributed by atoms with Gasteiger partial charge in [-0.25, -0.2) is 4.79 Å². The Kier molecular flexibility index (Phi) is 9.63. The predicted octanol–water partition coefficient (Wildman–Crippen LogP) is 7.22. The molecule has 47 heavy (non-hydrogen) atoms. The number of thioether (sulfide) groups is 1. The van der Waals surface area contributed by atoms with Gasteiger partial charge in [0.1, 0.15) is 41.2 Å². The van der Waals surface area contributed by atoms with Crippen molar-refractivity contribution in [2.75, 3.05) is 6.61 Å². The lowest BCUT2D eigenvalue weighted by Crippen LogP contribution is -2.62. The Labute approximate surface area is 279 Å². The molecule has 0 N–H and O–H groups in total. The minimum atomic E-state index is -1.03. The van der Waals surface area contributed by atoms with Gasteiger partial charge in [0, 0.05) is 25.2 Å². The number of carbonyl (C=O) groups excluding carboxylic acids is 1. The molecule has 2 fully saturated rings. The molecule has 8 nitrogen and oxygen atoms in total. The lowest BCUT2D eigenvalue weighted by atomic mass is 9.98. The summed E-state index contributed by atoms with van der Waals surface area (Å²) in [6, 6.07) is 35.6. The number of fused-ring (bicyclic) bond motifs is 2. The van der Waals surface area contributed by atoms with Gasteiger partial charge < -0.3 is 33.2 Å². The second-order valence-corrected chi connectivity index (χ2v) is 13.3. The summed E-state index contributed by atoms with van der Waals surface area (Å²) in [6.45, 7) is 4.52. The van der Waals surface area contributed by atoms with Gasteiger partial charge in [-0.15, -0.1) is 11.8 Å². The summed E-state index contributed by atoms with van der Waals surface area (Å²) in [6.07, 6.45) is -2.41. The average Bonchev–Trinajstić information content (AvgIpc) is 3.09. The highest BCUT2D eigenvalue weighted by Gasteiger charge is 2.51. The Bertz CT molecular complexity index is 1630. The summed E-state index contributed by atoms with van der Waals surface area (Å²) >= 11 is 1.55. The van der Waals surface area contributed by atoms with E-state index in [2.05, 4.69) is 0 Å². The molecule has 2 saturated heterocycles. The Morgan fingerprint density at radius 2 is 1.38 bits per heavy atom. The summed E-state index contributed by atoms with van der Waals surface area (Å²) in [5.41, 5.74) is 3.77. The molecule has 0 aromatic heterocycles. The molecule has 0 radical (unpaired) electrons. The van der Waals surface area contributed by atoms with E-state index in [0.29, 0.717) is 36.9 Å². The number of hydrogen-bond donors (Lipinski definition) is 0. The molecule has 3 aliphatic heterocycles. The summed E-state index contributed by atoms with van der Waals surface area (Å²) in [4.78, 5) is 13.1. The fraction of sp³-hybridized carbons (Fsp3) is 0.342. The zero-order valence-corrected chi connectivity index (χ0v) is 27.2. The lowest BCUT2D eigenvalue weighted by molar-refractivity contribution is -0.329. The molecule has 4 aromatic carbocycles. The number of rotatable bonds is 10. The first kappa shape index (κ1) is 31.9. The SMILES string of the molecule is CC1(C)OC(=O)c2c(CS[C@@H]3O[C@@H]4CO[C@@H](c5ccccc5)O[C@H]4[C@H](OCc4ccccc4)[C@H]3OCc3ccccc3)cccc2O1. The summed E-state index contributed by atoms with van der Waals surface area (Å²) in [5.74, 6) is -0.472. The van der Waals surface area contributed by atoms with E-state index >= 15 is 0 Å². The monoisotopic (exact) mass is 654 g/mol. The van der Waals surface area contributed by atoms with Crippen molar-refractivity contribution in [3.05, 3.63) is 137 Å². The van der Waals surface area contributed by atoms with Crippen molar-refractivity contribution in [1.29, 1.82) is 0 Å². The minimum absolute atomic E-state index is 0.327. The number of esters is 1. The van der Waals surface area contributed by atoms with Crippen molar-refractivity contribution < 1.29 is 38.0 Å². The highest BCUT2D eigenvalue weighted by Crippen LogP contribution is 2.42. The summed E-state index contributed by atoms with van der Waals surface area (Å²) in [5, 5.41) is 0. The number of ether oxygens (including phenoxy) is 7. The first-order valence-corrected chi connectivity index (χ1v) is 16.9. The first-order valence-electron chi connectivity index (χ1n) is 15.9. The standard InChI is InChI=1S/C38H38O8S/c1-38(2)45-29-20-12-19-28(31(29)35(39)46-38)24-47-37-34(41-22-26-15-8-4-9-16-26)33(40-21-25-13-6-3-7-14-25)32-30(43-37)23-42-36(44-32)27-17-10-5-11-18-27/h3-20,30,32-34,36-37H,21-24H2,1-2H3/t30-,32-,33+,34-,36-,37+/m1/s1. The number of hydrogen-bond acceptors (Lipinski definition) is 9. The summed E-state index contributed by atoms with van der Waals surface area (Å²) < 4.78 is 44.6. The molecule has 7 rings (SSSR count). The molecule has 4 aromatic rings. The van der Waals surface area contributed by atoms with Gasteiger partial charge in [0.05, 0.1) is 19.8 Å². The largest absolute Gasteiger partial charge is 0.452 e. The molecule has 0 saturated carbocycles. The Morgan fingerprint density at radius 1 is 0.745 bits per heavy atom. The zero-order chi connectivity index (χ0) is 32.2. The van der Waals surface area contributed by atoms with Crippen LogP contribution in [0.15, 0.2) is 109 Å². The average molecular weight is 655 g/mol. The molecule has 0 amide bonds. The Balaban J connectivity index is 1.18. The van der Waals surface area contributed by atoms with Crippen LogP contribution in [-0.2, 0) is 47.4 Å². The van der Waals surface area contributed by atoms with Crippen molar-refractivity contribution in [3.63, 3.8) is 0 Å². The maximum absolute atomic E-state index is 13.1. The van der Waals surface area contributed by atoms with Crippen molar-refractivity contribution in [3.8, 4) is 5.75 Å². The van der Waals surface area contributed by atoms with Crippen LogP contribution >= 0.6 is 11.8 Å². The van der Waals surface area contributed by atoms with Gasteiger partial charge in [0.25, 0.3) is 0 Å². The van der Waals surface area contributed by atoms with Crippen LogP contribution in [0.3, 0.4) is 0 Å². The van der Waals surface area contributed by atoms with Crippen molar-refractivity contribution >= 4 is 17.7 Å². The topological polar surface area (TPSA) is 81.7 Å². The third-order valence-electron chi connectivity index (χ3n) is 8.34. The molecule has 0 unspecified atom stereocenters. The molecule has 9 heteroatoms. The van der Waals surface area contributed by atoms with Crippen LogP contribution in [0.5, 0.6) is 5.75 Å². The van der Waals surface area contributed by atoms with E-state index in [1.807, 2.05) is 103 Å². The zero-order valence-electron chi connectivity index (χ0n) is 26.4. The van der Waals surface area contributed by atoms with Gasteiger partial charge in [-0.2, -0.15) is 0 Å². The molecule has 0 spiro atoms. The van der Waals surface area contributed by atoms with Crippen LogP contribution in [0.1, 0.15) is 52.7 Å². The van der Waals surface area contributed by atoms with Crippen LogP contribution < -0.4 is 4.74 Å². The van der Waals surface area contributed by atoms with Gasteiger partial charge >= 0.3 is 5.97 Å². The smallest absolute Gasteiger partial charge is 0.345 e. The normalized spacial score (nSPS) is 26.4. The van der Waals surface area contributed by atoms with E-state index in [0.717, 1.165) is 22.3 Å². The fourth-order valence-electron chi connectivity index (χ4n) is 6.10. The van der Waals surface area contributed by atoms with E-state index < -0.39 is 47.9 Å². The maximum Gasteiger partial charge on any atom is 0.345 e. The molecule has 0 bridgehead atoms. The second-order valence-electron chi connectivity index (χ2n) is 12.2. The molecular formula is C38H38O8S. The van der Waals surface area contributed by atoms with Gasteiger partial charge in [-0.3, -0.25) is 0 Å². The number of benzene rings is 4. The van der Waals surface area contributed by atoms with Crippen LogP contribution in [0.2, 0.25) is 0 Å². The number of cyclic esters (lactones) is 1. The van der Waals surface area contributed by atoms with Gasteiger partial charge in [0.2, 0.25) is 5.79 Å². The lowest BCUT2D eigenvalue weighted by Gasteiger charge is -2.49. The third kappa shape index (κ3) is 7.41. The van der Waals surface area contributed by atoms with E-state index in [1.54, 1.807) is 31.7 Å². The third-order valence-corrected chi connectivity index (χ3v) is 9.53. The van der Waals surface area contributed by atoms with Crippen molar-refractivity contribution in [2.45, 2.75) is 74.7 Å². The van der Waals surface area contributed by atoms with Gasteiger partial charge in [0.15, 0.2) is 6.29 Å². The maximum atomic E-state index is 13.1. The minimum Gasteiger partial charge on any atom is -0.452 e. The highest BCUT2D eigenvalue weighted by molar-refractivity contribution is 7.99. The van der Waals surface area contributed by atoms with Crippen LogP contribution in [0.25, 0.3) is 0 Å². The van der Waals surface area contributed by atoms with E-state index in [9.17, 15) is 4.79 Å². The second kappa shape index (κ2) is 14.2. The molecule has 3 heterocycles. The quantitative estimate of drug-likeness (QED) is 0.165. The summed E-state index contributed by atoms with van der Waals surface area (Å²) in [7, 11) is 0.